The average Bonchev–Trinajstić information content (AvgIpc) is 3.22. The summed E-state index contributed by atoms with van der Waals surface area (Å²) in [5, 5.41) is 7.11. The molecule has 29 heavy (non-hydrogen) atoms. The molecule has 8 nitrogen and oxygen atoms in total. The molecule has 1 fully saturated rings. The molecule has 0 spiro atoms. The number of morpholine rings is 1. The number of aliphatic imine (C=N–C) groups is 1. The fourth-order valence-electron chi connectivity index (χ4n) is 3.04. The number of guanidine groups is 1. The molecular formula is C20H31IN6O2. The summed E-state index contributed by atoms with van der Waals surface area (Å²) in [7, 11) is 0. The van der Waals surface area contributed by atoms with Gasteiger partial charge in [0.05, 0.1) is 13.2 Å². The van der Waals surface area contributed by atoms with Gasteiger partial charge in [-0.1, -0.05) is 24.2 Å². The molecule has 2 heterocycles. The van der Waals surface area contributed by atoms with Gasteiger partial charge in [0, 0.05) is 44.7 Å². The van der Waals surface area contributed by atoms with Crippen LogP contribution in [0.5, 0.6) is 0 Å². The van der Waals surface area contributed by atoms with Crippen LogP contribution in [0, 0.1) is 0 Å². The second-order valence-corrected chi connectivity index (χ2v) is 6.82. The van der Waals surface area contributed by atoms with Gasteiger partial charge in [0.2, 0.25) is 0 Å². The quantitative estimate of drug-likeness (QED) is 0.229. The van der Waals surface area contributed by atoms with Crippen molar-refractivity contribution in [1.29, 1.82) is 0 Å². The first-order valence-electron chi connectivity index (χ1n) is 10.0. The zero-order valence-corrected chi connectivity index (χ0v) is 19.3. The maximum Gasteiger partial charge on any atom is 0.257 e. The van der Waals surface area contributed by atoms with Crippen LogP contribution in [0.2, 0.25) is 0 Å². The Hall–Kier alpha value is -1.72. The van der Waals surface area contributed by atoms with E-state index in [4.69, 9.17) is 15.0 Å². The number of rotatable bonds is 9. The van der Waals surface area contributed by atoms with Crippen LogP contribution in [0.1, 0.15) is 24.7 Å². The van der Waals surface area contributed by atoms with Crippen molar-refractivity contribution >= 4 is 29.9 Å². The number of ether oxygens (including phenoxy) is 1. The van der Waals surface area contributed by atoms with Gasteiger partial charge in [-0.15, -0.1) is 24.0 Å². The van der Waals surface area contributed by atoms with E-state index in [1.54, 1.807) is 0 Å². The monoisotopic (exact) mass is 514 g/mol. The second kappa shape index (κ2) is 12.8. The lowest BCUT2D eigenvalue weighted by Crippen LogP contribution is -2.37. The Morgan fingerprint density at radius 3 is 2.69 bits per heavy atom. The lowest BCUT2D eigenvalue weighted by Gasteiger charge is -2.26. The lowest BCUT2D eigenvalue weighted by atomic mass is 10.1. The van der Waals surface area contributed by atoms with Crippen LogP contribution in [-0.2, 0) is 17.6 Å². The normalized spacial score (nSPS) is 15.1. The SMILES string of the molecule is CCc1noc(-c2ccc(CCNC(N)=NCCCN3CCOCC3)cc2)n1.I. The van der Waals surface area contributed by atoms with Gasteiger partial charge < -0.3 is 20.3 Å². The molecule has 0 unspecified atom stereocenters. The maximum atomic E-state index is 5.95. The van der Waals surface area contributed by atoms with Gasteiger partial charge in [-0.3, -0.25) is 9.89 Å². The minimum absolute atomic E-state index is 0. The van der Waals surface area contributed by atoms with Crippen LogP contribution in [-0.4, -0.2) is 66.9 Å². The summed E-state index contributed by atoms with van der Waals surface area (Å²) in [6.07, 6.45) is 2.65. The third kappa shape index (κ3) is 7.90. The van der Waals surface area contributed by atoms with Crippen molar-refractivity contribution in [2.24, 2.45) is 10.7 Å². The number of hydrogen-bond donors (Lipinski definition) is 2. The third-order valence-electron chi connectivity index (χ3n) is 4.72. The smallest absolute Gasteiger partial charge is 0.257 e. The fourth-order valence-corrected chi connectivity index (χ4v) is 3.04. The first-order valence-corrected chi connectivity index (χ1v) is 10.0. The van der Waals surface area contributed by atoms with Crippen molar-refractivity contribution in [2.75, 3.05) is 45.9 Å². The molecule has 0 saturated carbocycles. The molecule has 2 aromatic rings. The maximum absolute atomic E-state index is 5.95. The summed E-state index contributed by atoms with van der Waals surface area (Å²) in [5.41, 5.74) is 8.10. The van der Waals surface area contributed by atoms with Crippen LogP contribution in [0.4, 0.5) is 0 Å². The van der Waals surface area contributed by atoms with E-state index in [9.17, 15) is 0 Å². The molecule has 160 valence electrons. The van der Waals surface area contributed by atoms with Crippen molar-refractivity contribution < 1.29 is 9.26 Å². The van der Waals surface area contributed by atoms with E-state index in [2.05, 4.69) is 37.5 Å². The number of nitrogens with one attached hydrogen (secondary N) is 1. The Labute approximate surface area is 189 Å². The average molecular weight is 514 g/mol. The Bertz CT molecular complexity index is 744. The first-order chi connectivity index (χ1) is 13.7. The highest BCUT2D eigenvalue weighted by atomic mass is 127. The van der Waals surface area contributed by atoms with E-state index in [0.29, 0.717) is 11.9 Å². The highest BCUT2D eigenvalue weighted by Crippen LogP contribution is 2.18. The number of aryl methyl sites for hydroxylation is 1. The van der Waals surface area contributed by atoms with Crippen LogP contribution in [0.3, 0.4) is 0 Å². The van der Waals surface area contributed by atoms with Crippen LogP contribution < -0.4 is 11.1 Å². The zero-order chi connectivity index (χ0) is 19.6. The molecule has 1 aromatic heterocycles. The van der Waals surface area contributed by atoms with Crippen molar-refractivity contribution in [3.63, 3.8) is 0 Å². The number of nitrogens with two attached hydrogens (primary N) is 1. The largest absolute Gasteiger partial charge is 0.379 e. The van der Waals surface area contributed by atoms with Gasteiger partial charge in [0.25, 0.3) is 5.89 Å². The molecule has 3 N–H and O–H groups in total. The minimum atomic E-state index is 0. The molecule has 3 rings (SSSR count). The Kier molecular flexibility index (Phi) is 10.4. The van der Waals surface area contributed by atoms with Crippen molar-refractivity contribution in [3.8, 4) is 11.5 Å². The molecule has 9 heteroatoms. The van der Waals surface area contributed by atoms with Crippen LogP contribution in [0.15, 0.2) is 33.8 Å². The van der Waals surface area contributed by atoms with E-state index < -0.39 is 0 Å². The number of halogens is 1. The van der Waals surface area contributed by atoms with Crippen molar-refractivity contribution in [1.82, 2.24) is 20.4 Å². The molecule has 0 amide bonds. The predicted molar refractivity (Wildman–Crippen MR) is 125 cm³/mol. The molecule has 1 aliphatic rings. The number of nitrogens with zero attached hydrogens (tertiary/aromatic N) is 4. The highest BCUT2D eigenvalue weighted by molar-refractivity contribution is 14.0. The van der Waals surface area contributed by atoms with E-state index >= 15 is 0 Å². The Morgan fingerprint density at radius 2 is 2.00 bits per heavy atom. The topological polar surface area (TPSA) is 102 Å². The molecular weight excluding hydrogens is 483 g/mol. The van der Waals surface area contributed by atoms with E-state index in [0.717, 1.165) is 76.6 Å². The zero-order valence-electron chi connectivity index (χ0n) is 17.0. The van der Waals surface area contributed by atoms with Gasteiger partial charge in [0.1, 0.15) is 0 Å². The molecule has 1 aromatic carbocycles. The van der Waals surface area contributed by atoms with Crippen LogP contribution in [0.25, 0.3) is 11.5 Å². The summed E-state index contributed by atoms with van der Waals surface area (Å²) in [4.78, 5) is 11.2. The Balaban J connectivity index is 0.00000300. The number of hydrogen-bond acceptors (Lipinski definition) is 6. The third-order valence-corrected chi connectivity index (χ3v) is 4.72. The van der Waals surface area contributed by atoms with E-state index in [-0.39, 0.29) is 24.0 Å². The lowest BCUT2D eigenvalue weighted by molar-refractivity contribution is 0.0377. The van der Waals surface area contributed by atoms with Gasteiger partial charge >= 0.3 is 0 Å². The van der Waals surface area contributed by atoms with Gasteiger partial charge in [-0.25, -0.2) is 0 Å². The fraction of sp³-hybridized carbons (Fsp3) is 0.550. The molecule has 0 bridgehead atoms. The summed E-state index contributed by atoms with van der Waals surface area (Å²) in [5.74, 6) is 1.80. The number of benzene rings is 1. The minimum Gasteiger partial charge on any atom is -0.379 e. The highest BCUT2D eigenvalue weighted by Gasteiger charge is 2.09. The summed E-state index contributed by atoms with van der Waals surface area (Å²) >= 11 is 0. The number of aromatic nitrogens is 2. The van der Waals surface area contributed by atoms with Gasteiger partial charge in [0.15, 0.2) is 11.8 Å². The Morgan fingerprint density at radius 1 is 1.24 bits per heavy atom. The first kappa shape index (κ1) is 23.6. The molecule has 0 radical (unpaired) electrons. The molecule has 1 aliphatic heterocycles. The molecule has 0 aliphatic carbocycles. The van der Waals surface area contributed by atoms with Gasteiger partial charge in [-0.05, 0) is 30.5 Å². The van der Waals surface area contributed by atoms with Crippen LogP contribution >= 0.6 is 24.0 Å². The van der Waals surface area contributed by atoms with E-state index in [1.165, 1.54) is 5.56 Å². The van der Waals surface area contributed by atoms with Crippen molar-refractivity contribution in [3.05, 3.63) is 35.7 Å². The van der Waals surface area contributed by atoms with Crippen molar-refractivity contribution in [2.45, 2.75) is 26.2 Å². The summed E-state index contributed by atoms with van der Waals surface area (Å²) in [6.45, 7) is 8.25. The standard InChI is InChI=1S/C20H30N6O2.HI/c1-2-18-24-19(28-25-18)17-6-4-16(5-7-17)8-10-23-20(21)22-9-3-11-26-12-14-27-15-13-26;/h4-7H,2-3,8-15H2,1H3,(H3,21,22,23);1H. The summed E-state index contributed by atoms with van der Waals surface area (Å²) in [6, 6.07) is 8.15. The van der Waals surface area contributed by atoms with E-state index in [1.807, 2.05) is 19.1 Å². The molecule has 0 atom stereocenters. The van der Waals surface area contributed by atoms with Gasteiger partial charge in [-0.2, -0.15) is 4.98 Å². The summed E-state index contributed by atoms with van der Waals surface area (Å²) < 4.78 is 10.6. The predicted octanol–water partition coefficient (Wildman–Crippen LogP) is 2.09. The second-order valence-electron chi connectivity index (χ2n) is 6.82. The molecule has 1 saturated heterocycles.